The molecule has 0 aliphatic heterocycles. The van der Waals surface area contributed by atoms with Gasteiger partial charge in [0, 0.05) is 0 Å². The second-order valence-corrected chi connectivity index (χ2v) is 20.4. The van der Waals surface area contributed by atoms with Crippen molar-refractivity contribution in [2.45, 2.75) is 71.1 Å². The molecule has 0 bridgehead atoms. The van der Waals surface area contributed by atoms with Gasteiger partial charge in [0.15, 0.2) is 14.5 Å². The van der Waals surface area contributed by atoms with Crippen LogP contribution in [0.25, 0.3) is 0 Å². The van der Waals surface area contributed by atoms with Crippen molar-refractivity contribution in [1.29, 1.82) is 0 Å². The average Bonchev–Trinajstić information content (AvgIpc) is 2.10. The van der Waals surface area contributed by atoms with Gasteiger partial charge in [-0.25, -0.2) is 0 Å². The normalized spacial score (nSPS) is 15.0. The molecule has 0 aliphatic rings. The summed E-state index contributed by atoms with van der Waals surface area (Å²) in [5, 5.41) is 20.2. The molecular formula is C11H31O5Si4. The largest absolute Gasteiger partial charge is 0.437 e. The highest BCUT2D eigenvalue weighted by Gasteiger charge is 2.50. The Bertz CT molecular complexity index is 318. The van der Waals surface area contributed by atoms with E-state index in [0.717, 1.165) is 0 Å². The highest BCUT2D eigenvalue weighted by Crippen LogP contribution is 2.28. The average molecular weight is 356 g/mol. The van der Waals surface area contributed by atoms with E-state index in [4.69, 9.17) is 12.3 Å². The SMILES string of the molecule is CCC(O)(O)[Si](C)(C)O[Si](C)(C)O[Si](C)(C)O[Si](C)C. The maximum absolute atomic E-state index is 10.1. The van der Waals surface area contributed by atoms with Crippen molar-refractivity contribution in [3.63, 3.8) is 0 Å². The lowest BCUT2D eigenvalue weighted by molar-refractivity contribution is -0.107. The molecule has 0 unspecified atom stereocenters. The first-order chi connectivity index (χ1) is 8.64. The first kappa shape index (κ1) is 20.7. The molecule has 20 heavy (non-hydrogen) atoms. The molecule has 0 aromatic rings. The summed E-state index contributed by atoms with van der Waals surface area (Å²) in [6, 6.07) is 0. The lowest BCUT2D eigenvalue weighted by atomic mass is 10.5. The van der Waals surface area contributed by atoms with Crippen LogP contribution < -0.4 is 0 Å². The van der Waals surface area contributed by atoms with Crippen LogP contribution >= 0.6 is 0 Å². The van der Waals surface area contributed by atoms with Crippen LogP contribution in [0.5, 0.6) is 0 Å². The smallest absolute Gasteiger partial charge is 0.312 e. The van der Waals surface area contributed by atoms with Crippen LogP contribution in [0.4, 0.5) is 0 Å². The lowest BCUT2D eigenvalue weighted by Crippen LogP contribution is -2.63. The molecule has 0 aromatic carbocycles. The van der Waals surface area contributed by atoms with Gasteiger partial charge in [-0.3, -0.25) is 0 Å². The third-order valence-electron chi connectivity index (χ3n) is 2.90. The molecule has 0 aliphatic carbocycles. The maximum Gasteiger partial charge on any atom is 0.312 e. The summed E-state index contributed by atoms with van der Waals surface area (Å²) in [5.74, 6) is 0. The zero-order valence-corrected chi connectivity index (χ0v) is 18.3. The monoisotopic (exact) mass is 355 g/mol. The summed E-state index contributed by atoms with van der Waals surface area (Å²) in [5.41, 5.74) is -1.74. The zero-order chi connectivity index (χ0) is 16.4. The zero-order valence-electron chi connectivity index (χ0n) is 14.3. The van der Waals surface area contributed by atoms with Gasteiger partial charge in [0.2, 0.25) is 8.32 Å². The van der Waals surface area contributed by atoms with E-state index in [1.807, 2.05) is 39.3 Å². The minimum Gasteiger partial charge on any atom is -0.437 e. The minimum atomic E-state index is -2.68. The molecule has 0 fully saturated rings. The first-order valence-corrected chi connectivity index (χ1v) is 17.9. The van der Waals surface area contributed by atoms with E-state index in [1.54, 1.807) is 6.92 Å². The Balaban J connectivity index is 4.91. The molecule has 1 radical (unpaired) electrons. The predicted octanol–water partition coefficient (Wildman–Crippen LogP) is 2.53. The molecule has 5 nitrogen and oxygen atoms in total. The summed E-state index contributed by atoms with van der Waals surface area (Å²) in [4.78, 5) is 0. The van der Waals surface area contributed by atoms with Gasteiger partial charge in [-0.2, -0.15) is 0 Å². The van der Waals surface area contributed by atoms with Crippen LogP contribution in [0.2, 0.25) is 52.4 Å². The van der Waals surface area contributed by atoms with Crippen molar-refractivity contribution in [1.82, 2.24) is 0 Å². The van der Waals surface area contributed by atoms with Gasteiger partial charge >= 0.3 is 17.1 Å². The molecule has 0 aromatic heterocycles. The molecule has 0 saturated heterocycles. The fraction of sp³-hybridized carbons (Fsp3) is 1.00. The Morgan fingerprint density at radius 1 is 0.900 bits per heavy atom. The Morgan fingerprint density at radius 3 is 1.70 bits per heavy atom. The summed E-state index contributed by atoms with van der Waals surface area (Å²) < 4.78 is 18.3. The number of hydrogen-bond acceptors (Lipinski definition) is 5. The van der Waals surface area contributed by atoms with Crippen molar-refractivity contribution in [3.05, 3.63) is 0 Å². The second kappa shape index (κ2) is 6.83. The van der Waals surface area contributed by atoms with Gasteiger partial charge < -0.3 is 22.6 Å². The van der Waals surface area contributed by atoms with Gasteiger partial charge in [0.25, 0.3) is 0 Å². The number of aliphatic hydroxyl groups is 2. The van der Waals surface area contributed by atoms with Gasteiger partial charge in [-0.1, -0.05) is 6.92 Å². The summed E-state index contributed by atoms with van der Waals surface area (Å²) in [6.45, 7) is 17.5. The first-order valence-electron chi connectivity index (χ1n) is 6.98. The molecule has 9 heteroatoms. The van der Waals surface area contributed by atoms with Crippen molar-refractivity contribution < 1.29 is 22.6 Å². The molecule has 0 spiro atoms. The van der Waals surface area contributed by atoms with Gasteiger partial charge in [-0.15, -0.1) is 0 Å². The van der Waals surface area contributed by atoms with Crippen molar-refractivity contribution in [2.24, 2.45) is 0 Å². The van der Waals surface area contributed by atoms with Gasteiger partial charge in [0.1, 0.15) is 0 Å². The van der Waals surface area contributed by atoms with Crippen LogP contribution in [0, 0.1) is 0 Å². The van der Waals surface area contributed by atoms with Crippen LogP contribution in [0.15, 0.2) is 0 Å². The Kier molecular flexibility index (Phi) is 7.06. The number of hydrogen-bond donors (Lipinski definition) is 2. The Hall–Kier alpha value is 0.668. The molecule has 2 N–H and O–H groups in total. The van der Waals surface area contributed by atoms with E-state index in [0.29, 0.717) is 0 Å². The lowest BCUT2D eigenvalue weighted by Gasteiger charge is -2.43. The van der Waals surface area contributed by atoms with Gasteiger partial charge in [0.05, 0.1) is 0 Å². The maximum atomic E-state index is 10.1. The summed E-state index contributed by atoms with van der Waals surface area (Å²) in [7, 11) is -8.21. The molecule has 0 amide bonds. The molecule has 0 rings (SSSR count). The van der Waals surface area contributed by atoms with Crippen LogP contribution in [0.1, 0.15) is 13.3 Å². The highest BCUT2D eigenvalue weighted by molar-refractivity contribution is 6.88. The summed E-state index contributed by atoms with van der Waals surface area (Å²) >= 11 is 0. The van der Waals surface area contributed by atoms with Crippen molar-refractivity contribution in [2.75, 3.05) is 0 Å². The Labute approximate surface area is 128 Å². The van der Waals surface area contributed by atoms with Gasteiger partial charge in [-0.05, 0) is 58.8 Å². The van der Waals surface area contributed by atoms with Crippen LogP contribution in [0.3, 0.4) is 0 Å². The number of rotatable bonds is 8. The van der Waals surface area contributed by atoms with E-state index < -0.39 is 39.9 Å². The second-order valence-electron chi connectivity index (χ2n) is 6.69. The van der Waals surface area contributed by atoms with E-state index in [1.165, 1.54) is 0 Å². The van der Waals surface area contributed by atoms with Crippen molar-refractivity contribution >= 4 is 34.5 Å². The third-order valence-corrected chi connectivity index (χ3v) is 16.7. The minimum absolute atomic E-state index is 0.255. The fourth-order valence-electron chi connectivity index (χ4n) is 2.25. The van der Waals surface area contributed by atoms with Crippen LogP contribution in [-0.4, -0.2) is 50.1 Å². The summed E-state index contributed by atoms with van der Waals surface area (Å²) in [6.07, 6.45) is 0.255. The van der Waals surface area contributed by atoms with E-state index in [2.05, 4.69) is 13.1 Å². The standard InChI is InChI=1S/C11H31O5Si4/c1-10-11(12,13)18(4,5)15-20(8,9)16-19(6,7)14-17(2)3/h12-13H,10H2,1-9H3. The molecule has 121 valence electrons. The quantitative estimate of drug-likeness (QED) is 0.517. The van der Waals surface area contributed by atoms with E-state index in [9.17, 15) is 10.2 Å². The topological polar surface area (TPSA) is 68.2 Å². The Morgan fingerprint density at radius 2 is 1.35 bits per heavy atom. The van der Waals surface area contributed by atoms with Crippen LogP contribution in [-0.2, 0) is 12.3 Å². The van der Waals surface area contributed by atoms with E-state index in [-0.39, 0.29) is 6.42 Å². The fourth-order valence-corrected chi connectivity index (χ4v) is 18.4. The molecule has 0 saturated carbocycles. The molecule has 0 heterocycles. The highest BCUT2D eigenvalue weighted by atomic mass is 28.5. The molecule has 0 atom stereocenters. The predicted molar refractivity (Wildman–Crippen MR) is 90.6 cm³/mol. The van der Waals surface area contributed by atoms with Crippen molar-refractivity contribution in [3.8, 4) is 0 Å². The molecular weight excluding hydrogens is 324 g/mol. The van der Waals surface area contributed by atoms with E-state index >= 15 is 0 Å². The third kappa shape index (κ3) is 6.62.